The first-order chi connectivity index (χ1) is 14.0. The van der Waals surface area contributed by atoms with Crippen molar-refractivity contribution in [1.29, 1.82) is 0 Å². The lowest BCUT2D eigenvalue weighted by Crippen LogP contribution is -2.18. The third-order valence-corrected chi connectivity index (χ3v) is 4.61. The average molecular weight is 396 g/mol. The lowest BCUT2D eigenvalue weighted by atomic mass is 10.1. The molecule has 1 aromatic carbocycles. The number of nitrogens with one attached hydrogen (secondary N) is 2. The van der Waals surface area contributed by atoms with Gasteiger partial charge in [0.15, 0.2) is 11.9 Å². The fourth-order valence-electron chi connectivity index (χ4n) is 3.08. The predicted octanol–water partition coefficient (Wildman–Crippen LogP) is 3.57. The lowest BCUT2D eigenvalue weighted by Gasteiger charge is -2.15. The lowest BCUT2D eigenvalue weighted by molar-refractivity contribution is 0.107. The van der Waals surface area contributed by atoms with Crippen molar-refractivity contribution in [2.24, 2.45) is 0 Å². The number of amides is 1. The molecule has 8 heteroatoms. The van der Waals surface area contributed by atoms with Gasteiger partial charge in [-0.2, -0.15) is 0 Å². The molecule has 0 aliphatic rings. The number of aromatic nitrogens is 2. The number of carbonyl (C=O) groups is 2. The van der Waals surface area contributed by atoms with E-state index in [0.717, 1.165) is 23.1 Å². The molecule has 0 saturated heterocycles. The Labute approximate surface area is 168 Å². The number of aldehydes is 1. The summed E-state index contributed by atoms with van der Waals surface area (Å²) in [6, 6.07) is 9.43. The SMILES string of the molecule is COCCOC(=O)Nc1cccc(C)c1CNc1cccn2c(C=O)c(C)nc12. The number of ether oxygens (including phenoxy) is 2. The molecule has 0 bridgehead atoms. The van der Waals surface area contributed by atoms with Crippen molar-refractivity contribution in [3.8, 4) is 0 Å². The van der Waals surface area contributed by atoms with E-state index in [4.69, 9.17) is 9.47 Å². The molecule has 0 spiro atoms. The Bertz CT molecular complexity index is 1030. The van der Waals surface area contributed by atoms with Crippen LogP contribution in [-0.2, 0) is 16.0 Å². The second kappa shape index (κ2) is 9.20. The molecule has 2 aromatic heterocycles. The zero-order chi connectivity index (χ0) is 20.8. The van der Waals surface area contributed by atoms with E-state index in [9.17, 15) is 9.59 Å². The summed E-state index contributed by atoms with van der Waals surface area (Å²) in [5.74, 6) is 0. The summed E-state index contributed by atoms with van der Waals surface area (Å²) in [7, 11) is 1.55. The van der Waals surface area contributed by atoms with Crippen LogP contribution in [0.4, 0.5) is 16.2 Å². The summed E-state index contributed by atoms with van der Waals surface area (Å²) < 4.78 is 11.7. The number of nitrogens with zero attached hydrogens (tertiary/aromatic N) is 2. The van der Waals surface area contributed by atoms with Gasteiger partial charge in [-0.3, -0.25) is 14.5 Å². The molecule has 0 saturated carbocycles. The molecule has 0 radical (unpaired) electrons. The molecule has 3 rings (SSSR count). The summed E-state index contributed by atoms with van der Waals surface area (Å²) in [5.41, 5.74) is 5.28. The number of methoxy groups -OCH3 is 1. The molecule has 29 heavy (non-hydrogen) atoms. The van der Waals surface area contributed by atoms with E-state index in [2.05, 4.69) is 15.6 Å². The molecule has 0 aliphatic carbocycles. The second-order valence-corrected chi connectivity index (χ2v) is 6.52. The van der Waals surface area contributed by atoms with E-state index >= 15 is 0 Å². The highest BCUT2D eigenvalue weighted by Gasteiger charge is 2.13. The minimum Gasteiger partial charge on any atom is -0.447 e. The van der Waals surface area contributed by atoms with Crippen LogP contribution < -0.4 is 10.6 Å². The van der Waals surface area contributed by atoms with E-state index in [1.165, 1.54) is 0 Å². The van der Waals surface area contributed by atoms with Crippen LogP contribution in [0.15, 0.2) is 36.5 Å². The number of benzene rings is 1. The minimum atomic E-state index is -0.532. The van der Waals surface area contributed by atoms with E-state index in [1.54, 1.807) is 24.6 Å². The van der Waals surface area contributed by atoms with Gasteiger partial charge in [0, 0.05) is 25.5 Å². The summed E-state index contributed by atoms with van der Waals surface area (Å²) >= 11 is 0. The average Bonchev–Trinajstić information content (AvgIpc) is 3.03. The van der Waals surface area contributed by atoms with Crippen LogP contribution in [0.5, 0.6) is 0 Å². The van der Waals surface area contributed by atoms with Crippen molar-refractivity contribution >= 4 is 29.4 Å². The van der Waals surface area contributed by atoms with Crippen molar-refractivity contribution in [3.63, 3.8) is 0 Å². The number of carbonyl (C=O) groups excluding carboxylic acids is 2. The number of imidazole rings is 1. The highest BCUT2D eigenvalue weighted by Crippen LogP contribution is 2.24. The third kappa shape index (κ3) is 4.55. The van der Waals surface area contributed by atoms with Crippen molar-refractivity contribution in [3.05, 3.63) is 59.0 Å². The molecule has 8 nitrogen and oxygen atoms in total. The maximum absolute atomic E-state index is 12.0. The van der Waals surface area contributed by atoms with Crippen LogP contribution in [-0.4, -0.2) is 42.1 Å². The highest BCUT2D eigenvalue weighted by molar-refractivity contribution is 5.86. The summed E-state index contributed by atoms with van der Waals surface area (Å²) in [6.07, 6.45) is 2.08. The van der Waals surface area contributed by atoms with Crippen molar-refractivity contribution in [1.82, 2.24) is 9.38 Å². The van der Waals surface area contributed by atoms with Gasteiger partial charge in [0.05, 0.1) is 18.0 Å². The molecule has 3 aromatic rings. The van der Waals surface area contributed by atoms with Gasteiger partial charge in [-0.05, 0) is 43.2 Å². The number of hydrogen-bond acceptors (Lipinski definition) is 6. The number of fused-ring (bicyclic) bond motifs is 1. The Balaban J connectivity index is 1.80. The van der Waals surface area contributed by atoms with Crippen LogP contribution in [0.1, 0.15) is 27.3 Å². The highest BCUT2D eigenvalue weighted by atomic mass is 16.6. The maximum Gasteiger partial charge on any atom is 0.411 e. The van der Waals surface area contributed by atoms with Crippen LogP contribution >= 0.6 is 0 Å². The maximum atomic E-state index is 12.0. The number of rotatable bonds is 8. The quantitative estimate of drug-likeness (QED) is 0.447. The molecule has 0 fully saturated rings. The molecule has 2 N–H and O–H groups in total. The summed E-state index contributed by atoms with van der Waals surface area (Å²) in [5, 5.41) is 6.15. The Morgan fingerprint density at radius 1 is 1.17 bits per heavy atom. The smallest absolute Gasteiger partial charge is 0.411 e. The minimum absolute atomic E-state index is 0.183. The van der Waals surface area contributed by atoms with Crippen LogP contribution in [0.25, 0.3) is 5.65 Å². The van der Waals surface area contributed by atoms with Gasteiger partial charge in [-0.25, -0.2) is 9.78 Å². The predicted molar refractivity (Wildman–Crippen MR) is 111 cm³/mol. The summed E-state index contributed by atoms with van der Waals surface area (Å²) in [4.78, 5) is 27.9. The van der Waals surface area contributed by atoms with Crippen molar-refractivity contribution in [2.45, 2.75) is 20.4 Å². The van der Waals surface area contributed by atoms with E-state index in [0.29, 0.717) is 35.9 Å². The molecule has 152 valence electrons. The first-order valence-electron chi connectivity index (χ1n) is 9.23. The van der Waals surface area contributed by atoms with Crippen LogP contribution in [0.2, 0.25) is 0 Å². The number of hydrogen-bond donors (Lipinski definition) is 2. The molecule has 0 unspecified atom stereocenters. The van der Waals surface area contributed by atoms with Crippen LogP contribution in [0.3, 0.4) is 0 Å². The fourth-order valence-corrected chi connectivity index (χ4v) is 3.08. The van der Waals surface area contributed by atoms with Gasteiger partial charge >= 0.3 is 6.09 Å². The zero-order valence-corrected chi connectivity index (χ0v) is 16.7. The molecular weight excluding hydrogens is 372 g/mol. The number of pyridine rings is 1. The van der Waals surface area contributed by atoms with Gasteiger partial charge in [-0.1, -0.05) is 12.1 Å². The Morgan fingerprint density at radius 3 is 2.72 bits per heavy atom. The summed E-state index contributed by atoms with van der Waals surface area (Å²) in [6.45, 7) is 4.76. The van der Waals surface area contributed by atoms with E-state index in [1.807, 2.05) is 37.3 Å². The standard InChI is InChI=1S/C21H24N4O4/c1-14-6-4-7-17(24-21(27)29-11-10-28-3)16(14)12-22-18-8-5-9-25-19(13-26)15(2)23-20(18)25/h4-9,13,22H,10-12H2,1-3H3,(H,24,27). The second-order valence-electron chi connectivity index (χ2n) is 6.52. The monoisotopic (exact) mass is 396 g/mol. The van der Waals surface area contributed by atoms with Crippen molar-refractivity contribution < 1.29 is 19.1 Å². The third-order valence-electron chi connectivity index (χ3n) is 4.61. The Kier molecular flexibility index (Phi) is 6.46. The topological polar surface area (TPSA) is 94.0 Å². The van der Waals surface area contributed by atoms with E-state index in [-0.39, 0.29) is 6.61 Å². The normalized spacial score (nSPS) is 10.7. The van der Waals surface area contributed by atoms with Gasteiger partial charge < -0.3 is 14.8 Å². The van der Waals surface area contributed by atoms with Gasteiger partial charge in [-0.15, -0.1) is 0 Å². The Hall–Kier alpha value is -3.39. The van der Waals surface area contributed by atoms with Gasteiger partial charge in [0.25, 0.3) is 0 Å². The fraction of sp³-hybridized carbons (Fsp3) is 0.286. The van der Waals surface area contributed by atoms with Gasteiger partial charge in [0.2, 0.25) is 0 Å². The van der Waals surface area contributed by atoms with Gasteiger partial charge in [0.1, 0.15) is 12.3 Å². The van der Waals surface area contributed by atoms with Crippen molar-refractivity contribution in [2.75, 3.05) is 31.0 Å². The number of aryl methyl sites for hydroxylation is 2. The molecule has 0 atom stereocenters. The molecular formula is C21H24N4O4. The first-order valence-corrected chi connectivity index (χ1v) is 9.23. The Morgan fingerprint density at radius 2 is 1.97 bits per heavy atom. The molecule has 2 heterocycles. The largest absolute Gasteiger partial charge is 0.447 e. The zero-order valence-electron chi connectivity index (χ0n) is 16.7. The van der Waals surface area contributed by atoms with E-state index < -0.39 is 6.09 Å². The molecule has 1 amide bonds. The van der Waals surface area contributed by atoms with Crippen LogP contribution in [0, 0.1) is 13.8 Å². The molecule has 0 aliphatic heterocycles. The number of anilines is 2. The first kappa shape index (κ1) is 20.3.